The van der Waals surface area contributed by atoms with Gasteiger partial charge in [0.25, 0.3) is 0 Å². The van der Waals surface area contributed by atoms with E-state index < -0.39 is 0 Å². The molecule has 0 saturated heterocycles. The minimum atomic E-state index is 0.921. The summed E-state index contributed by atoms with van der Waals surface area (Å²) in [4.78, 5) is 0. The van der Waals surface area contributed by atoms with Crippen LogP contribution in [0.4, 0.5) is 0 Å². The third kappa shape index (κ3) is 4.83. The van der Waals surface area contributed by atoms with Crippen molar-refractivity contribution in [1.29, 1.82) is 0 Å². The van der Waals surface area contributed by atoms with Gasteiger partial charge >= 0.3 is 0 Å². The highest BCUT2D eigenvalue weighted by Crippen LogP contribution is 2.16. The summed E-state index contributed by atoms with van der Waals surface area (Å²) >= 11 is 2.01. The zero-order chi connectivity index (χ0) is 7.11. The topological polar surface area (TPSA) is 0 Å². The van der Waals surface area contributed by atoms with Crippen molar-refractivity contribution >= 4 is 11.8 Å². The number of hydrogen-bond donors (Lipinski definition) is 0. The van der Waals surface area contributed by atoms with E-state index in [0.29, 0.717) is 0 Å². The SMILES string of the molecule is CCCC[C@H](CC)SC. The molecule has 1 heteroatoms. The Hall–Kier alpha value is 0.350. The molecule has 0 aromatic heterocycles. The van der Waals surface area contributed by atoms with Crippen LogP contribution in [0.25, 0.3) is 0 Å². The maximum atomic E-state index is 2.27. The standard InChI is InChI=1S/C8H18S/c1-4-6-7-8(5-2)9-3/h8H,4-7H2,1-3H3/t8-/m0/s1. The van der Waals surface area contributed by atoms with E-state index >= 15 is 0 Å². The van der Waals surface area contributed by atoms with Crippen LogP contribution in [0.2, 0.25) is 0 Å². The molecule has 0 bridgehead atoms. The molecule has 0 spiro atoms. The monoisotopic (exact) mass is 146 g/mol. The molecule has 1 atom stereocenters. The fourth-order valence-corrected chi connectivity index (χ4v) is 1.66. The van der Waals surface area contributed by atoms with Crippen molar-refractivity contribution in [3.8, 4) is 0 Å². The first-order chi connectivity index (χ1) is 4.35. The summed E-state index contributed by atoms with van der Waals surface area (Å²) in [6.45, 7) is 4.53. The van der Waals surface area contributed by atoms with Gasteiger partial charge in [0.05, 0.1) is 0 Å². The molecule has 0 aliphatic rings. The lowest BCUT2D eigenvalue weighted by Crippen LogP contribution is -1.98. The second-order valence-corrected chi connectivity index (χ2v) is 3.55. The average Bonchev–Trinajstić information content (AvgIpc) is 1.91. The normalized spacial score (nSPS) is 13.7. The highest BCUT2D eigenvalue weighted by molar-refractivity contribution is 7.99. The maximum Gasteiger partial charge on any atom is 0.00416 e. The lowest BCUT2D eigenvalue weighted by atomic mass is 10.2. The van der Waals surface area contributed by atoms with Crippen LogP contribution in [0.15, 0.2) is 0 Å². The van der Waals surface area contributed by atoms with Crippen molar-refractivity contribution in [2.75, 3.05) is 6.26 Å². The minimum absolute atomic E-state index is 0.921. The smallest absolute Gasteiger partial charge is 0.00416 e. The Labute approximate surface area is 63.4 Å². The molecule has 0 aromatic carbocycles. The third-order valence-corrected chi connectivity index (χ3v) is 2.90. The van der Waals surface area contributed by atoms with Gasteiger partial charge in [-0.1, -0.05) is 26.7 Å². The predicted octanol–water partition coefficient (Wildman–Crippen LogP) is 3.32. The van der Waals surface area contributed by atoms with E-state index in [1.165, 1.54) is 25.7 Å². The second-order valence-electron chi connectivity index (χ2n) is 2.41. The molecule has 0 saturated carbocycles. The van der Waals surface area contributed by atoms with Gasteiger partial charge in [0, 0.05) is 5.25 Å². The van der Waals surface area contributed by atoms with Crippen LogP contribution in [0, 0.1) is 0 Å². The summed E-state index contributed by atoms with van der Waals surface area (Å²) < 4.78 is 0. The largest absolute Gasteiger partial charge is 0.162 e. The zero-order valence-corrected chi connectivity index (χ0v) is 7.63. The molecule has 0 rings (SSSR count). The summed E-state index contributed by atoms with van der Waals surface area (Å²) in [5, 5.41) is 0.921. The minimum Gasteiger partial charge on any atom is -0.162 e. The number of hydrogen-bond acceptors (Lipinski definition) is 1. The van der Waals surface area contributed by atoms with Crippen molar-refractivity contribution in [2.45, 2.75) is 44.8 Å². The van der Waals surface area contributed by atoms with Gasteiger partial charge in [0.15, 0.2) is 0 Å². The predicted molar refractivity (Wildman–Crippen MR) is 47.1 cm³/mol. The van der Waals surface area contributed by atoms with E-state index in [-0.39, 0.29) is 0 Å². The molecule has 0 nitrogen and oxygen atoms in total. The molecule has 0 aliphatic carbocycles. The van der Waals surface area contributed by atoms with E-state index in [1.807, 2.05) is 11.8 Å². The Kier molecular flexibility index (Phi) is 6.72. The summed E-state index contributed by atoms with van der Waals surface area (Å²) in [6, 6.07) is 0. The molecule has 9 heavy (non-hydrogen) atoms. The molecule has 0 unspecified atom stereocenters. The number of rotatable bonds is 5. The molecule has 0 N–H and O–H groups in total. The average molecular weight is 146 g/mol. The van der Waals surface area contributed by atoms with Gasteiger partial charge in [-0.3, -0.25) is 0 Å². The van der Waals surface area contributed by atoms with Crippen molar-refractivity contribution in [3.63, 3.8) is 0 Å². The Morgan fingerprint density at radius 1 is 1.33 bits per heavy atom. The van der Waals surface area contributed by atoms with E-state index in [9.17, 15) is 0 Å². The molecule has 0 fully saturated rings. The molecule has 0 heterocycles. The Bertz CT molecular complexity index is 48.5. The second kappa shape index (κ2) is 6.47. The van der Waals surface area contributed by atoms with Crippen LogP contribution in [0.3, 0.4) is 0 Å². The van der Waals surface area contributed by atoms with E-state index in [1.54, 1.807) is 0 Å². The zero-order valence-electron chi connectivity index (χ0n) is 6.81. The lowest BCUT2D eigenvalue weighted by molar-refractivity contribution is 0.671. The van der Waals surface area contributed by atoms with Crippen LogP contribution >= 0.6 is 11.8 Å². The van der Waals surface area contributed by atoms with Gasteiger partial charge in [0.1, 0.15) is 0 Å². The van der Waals surface area contributed by atoms with Crippen molar-refractivity contribution in [1.82, 2.24) is 0 Å². The van der Waals surface area contributed by atoms with E-state index in [0.717, 1.165) is 5.25 Å². The van der Waals surface area contributed by atoms with Gasteiger partial charge in [-0.05, 0) is 19.1 Å². The first-order valence-corrected chi connectivity index (χ1v) is 5.16. The van der Waals surface area contributed by atoms with Gasteiger partial charge in [0.2, 0.25) is 0 Å². The highest BCUT2D eigenvalue weighted by Gasteiger charge is 2.00. The molecule has 56 valence electrons. The summed E-state index contributed by atoms with van der Waals surface area (Å²) in [5.74, 6) is 0. The van der Waals surface area contributed by atoms with Crippen LogP contribution in [-0.4, -0.2) is 11.5 Å². The first kappa shape index (κ1) is 9.35. The highest BCUT2D eigenvalue weighted by atomic mass is 32.2. The van der Waals surface area contributed by atoms with Gasteiger partial charge in [-0.2, -0.15) is 11.8 Å². The third-order valence-electron chi connectivity index (χ3n) is 1.67. The van der Waals surface area contributed by atoms with Crippen molar-refractivity contribution in [3.05, 3.63) is 0 Å². The lowest BCUT2D eigenvalue weighted by Gasteiger charge is -2.09. The Morgan fingerprint density at radius 3 is 2.33 bits per heavy atom. The quantitative estimate of drug-likeness (QED) is 0.573. The molecule has 0 radical (unpaired) electrons. The molecule has 0 aliphatic heterocycles. The number of unbranched alkanes of at least 4 members (excludes halogenated alkanes) is 1. The van der Waals surface area contributed by atoms with Gasteiger partial charge in [-0.25, -0.2) is 0 Å². The van der Waals surface area contributed by atoms with Crippen LogP contribution in [0.5, 0.6) is 0 Å². The molecule has 0 amide bonds. The molecular formula is C8H18S. The Balaban J connectivity index is 3.09. The summed E-state index contributed by atoms with van der Waals surface area (Å²) in [6.07, 6.45) is 7.70. The van der Waals surface area contributed by atoms with Gasteiger partial charge < -0.3 is 0 Å². The van der Waals surface area contributed by atoms with Gasteiger partial charge in [-0.15, -0.1) is 0 Å². The molecule has 0 aromatic rings. The number of thioether (sulfide) groups is 1. The van der Waals surface area contributed by atoms with Crippen molar-refractivity contribution in [2.24, 2.45) is 0 Å². The maximum absolute atomic E-state index is 2.27. The molecular weight excluding hydrogens is 128 g/mol. The summed E-state index contributed by atoms with van der Waals surface area (Å²) in [7, 11) is 0. The van der Waals surface area contributed by atoms with Crippen LogP contribution < -0.4 is 0 Å². The Morgan fingerprint density at radius 2 is 2.00 bits per heavy atom. The fourth-order valence-electron chi connectivity index (χ4n) is 0.920. The fraction of sp³-hybridized carbons (Fsp3) is 1.00. The summed E-state index contributed by atoms with van der Waals surface area (Å²) in [5.41, 5.74) is 0. The van der Waals surface area contributed by atoms with E-state index in [4.69, 9.17) is 0 Å². The van der Waals surface area contributed by atoms with Crippen LogP contribution in [0.1, 0.15) is 39.5 Å². The van der Waals surface area contributed by atoms with E-state index in [2.05, 4.69) is 20.1 Å². The van der Waals surface area contributed by atoms with Crippen LogP contribution in [-0.2, 0) is 0 Å². The first-order valence-electron chi connectivity index (χ1n) is 3.87. The van der Waals surface area contributed by atoms with Crippen molar-refractivity contribution < 1.29 is 0 Å².